The van der Waals surface area contributed by atoms with Crippen molar-refractivity contribution in [3.05, 3.63) is 77.4 Å². The minimum absolute atomic E-state index is 0.102. The average molecular weight is 385 g/mol. The maximum atomic E-state index is 12.2. The van der Waals surface area contributed by atoms with Gasteiger partial charge in [0.15, 0.2) is 5.69 Å². The van der Waals surface area contributed by atoms with Crippen LogP contribution < -0.4 is 5.73 Å². The predicted molar refractivity (Wildman–Crippen MR) is 110 cm³/mol. The number of fused-ring (bicyclic) bond motifs is 1. The van der Waals surface area contributed by atoms with Crippen LogP contribution in [0, 0.1) is 18.3 Å². The predicted octanol–water partition coefficient (Wildman–Crippen LogP) is 3.42. The quantitative estimate of drug-likeness (QED) is 0.543. The first kappa shape index (κ1) is 18.3. The molecule has 0 aliphatic rings. The Labute approximate surface area is 167 Å². The number of imidazole rings is 1. The normalized spacial score (nSPS) is 10.8. The van der Waals surface area contributed by atoms with Gasteiger partial charge in [-0.05, 0) is 30.7 Å². The third-order valence-electron chi connectivity index (χ3n) is 4.93. The average Bonchev–Trinajstić information content (AvgIpc) is 3.24. The van der Waals surface area contributed by atoms with Gasteiger partial charge in [0, 0.05) is 18.4 Å². The summed E-state index contributed by atoms with van der Waals surface area (Å²) in [5.41, 5.74) is 10.1. The van der Waals surface area contributed by atoms with E-state index in [9.17, 15) is 10.1 Å². The van der Waals surface area contributed by atoms with Crippen LogP contribution in [0.25, 0.3) is 16.7 Å². The van der Waals surface area contributed by atoms with Crippen molar-refractivity contribution in [2.75, 3.05) is 12.8 Å². The number of hydrogen-bond donors (Lipinski definition) is 1. The first-order valence-corrected chi connectivity index (χ1v) is 9.04. The standard InChI is InChI=1S/C22H19N5O2/c1-14-25-18-10-17(27-13-16(11-23)20(24)21(27)22(28)29-2)8-9-19(18)26(14)12-15-6-4-3-5-7-15/h3-10,13H,12,24H2,1-2H3. The van der Waals surface area contributed by atoms with Gasteiger partial charge in [0.1, 0.15) is 11.9 Å². The topological polar surface area (TPSA) is 98.9 Å². The molecule has 0 amide bonds. The lowest BCUT2D eigenvalue weighted by molar-refractivity contribution is 0.0593. The maximum absolute atomic E-state index is 12.2. The van der Waals surface area contributed by atoms with E-state index in [0.717, 1.165) is 16.9 Å². The summed E-state index contributed by atoms with van der Waals surface area (Å²) >= 11 is 0. The van der Waals surface area contributed by atoms with Crippen LogP contribution in [0.5, 0.6) is 0 Å². The Bertz CT molecular complexity index is 1260. The number of carbonyl (C=O) groups excluding carboxylic acids is 1. The van der Waals surface area contributed by atoms with Crippen molar-refractivity contribution < 1.29 is 9.53 Å². The molecule has 4 rings (SSSR count). The monoisotopic (exact) mass is 385 g/mol. The highest BCUT2D eigenvalue weighted by Crippen LogP contribution is 2.27. The number of ether oxygens (including phenoxy) is 1. The molecule has 0 fully saturated rings. The lowest BCUT2D eigenvalue weighted by Gasteiger charge is -2.10. The fourth-order valence-corrected chi connectivity index (χ4v) is 3.47. The molecule has 0 atom stereocenters. The highest BCUT2D eigenvalue weighted by atomic mass is 16.5. The number of nitrogens with two attached hydrogens (primary N) is 1. The van der Waals surface area contributed by atoms with Gasteiger partial charge in [-0.2, -0.15) is 5.26 Å². The number of methoxy groups -OCH3 is 1. The lowest BCUT2D eigenvalue weighted by atomic mass is 10.2. The van der Waals surface area contributed by atoms with E-state index in [1.807, 2.05) is 49.4 Å². The number of nitrogens with zero attached hydrogens (tertiary/aromatic N) is 4. The fourth-order valence-electron chi connectivity index (χ4n) is 3.47. The highest BCUT2D eigenvalue weighted by Gasteiger charge is 2.22. The van der Waals surface area contributed by atoms with Crippen molar-refractivity contribution >= 4 is 22.7 Å². The molecule has 0 unspecified atom stereocenters. The number of nitriles is 1. The minimum Gasteiger partial charge on any atom is -0.464 e. The zero-order chi connectivity index (χ0) is 20.5. The van der Waals surface area contributed by atoms with Crippen LogP contribution >= 0.6 is 0 Å². The molecule has 7 heteroatoms. The molecule has 0 spiro atoms. The molecular formula is C22H19N5O2. The second kappa shape index (κ2) is 7.17. The van der Waals surface area contributed by atoms with Gasteiger partial charge in [0.2, 0.25) is 0 Å². The third-order valence-corrected chi connectivity index (χ3v) is 4.93. The van der Waals surface area contributed by atoms with Gasteiger partial charge in [0.05, 0.1) is 29.4 Å². The van der Waals surface area contributed by atoms with Crippen molar-refractivity contribution in [3.63, 3.8) is 0 Å². The summed E-state index contributed by atoms with van der Waals surface area (Å²) < 4.78 is 8.56. The summed E-state index contributed by atoms with van der Waals surface area (Å²) in [6.45, 7) is 2.68. The summed E-state index contributed by atoms with van der Waals surface area (Å²) in [5.74, 6) is 0.286. The summed E-state index contributed by atoms with van der Waals surface area (Å²) in [7, 11) is 1.28. The Balaban J connectivity index is 1.82. The molecule has 0 aliphatic heterocycles. The number of anilines is 1. The van der Waals surface area contributed by atoms with Crippen molar-refractivity contribution in [1.29, 1.82) is 5.26 Å². The second-order valence-corrected chi connectivity index (χ2v) is 6.68. The van der Waals surface area contributed by atoms with Gasteiger partial charge in [0.25, 0.3) is 0 Å². The van der Waals surface area contributed by atoms with Crippen LogP contribution in [0.1, 0.15) is 27.4 Å². The highest BCUT2D eigenvalue weighted by molar-refractivity contribution is 5.96. The molecule has 2 N–H and O–H groups in total. The molecule has 29 heavy (non-hydrogen) atoms. The Hall–Kier alpha value is -4.05. The molecule has 2 heterocycles. The van der Waals surface area contributed by atoms with Crippen LogP contribution in [0.3, 0.4) is 0 Å². The van der Waals surface area contributed by atoms with E-state index >= 15 is 0 Å². The molecule has 0 bridgehead atoms. The number of rotatable bonds is 4. The van der Waals surface area contributed by atoms with Crippen LogP contribution in [0.4, 0.5) is 5.69 Å². The Morgan fingerprint density at radius 1 is 1.24 bits per heavy atom. The molecule has 2 aromatic heterocycles. The largest absolute Gasteiger partial charge is 0.464 e. The number of aryl methyl sites for hydroxylation is 1. The van der Waals surface area contributed by atoms with E-state index in [4.69, 9.17) is 10.5 Å². The molecule has 0 radical (unpaired) electrons. The third kappa shape index (κ3) is 3.11. The molecular weight excluding hydrogens is 366 g/mol. The first-order chi connectivity index (χ1) is 14.0. The summed E-state index contributed by atoms with van der Waals surface area (Å²) in [4.78, 5) is 16.9. The SMILES string of the molecule is COC(=O)c1c(N)c(C#N)cn1-c1ccc2c(c1)nc(C)n2Cc1ccccc1. The molecule has 0 aliphatic carbocycles. The van der Waals surface area contributed by atoms with E-state index in [2.05, 4.69) is 21.7 Å². The van der Waals surface area contributed by atoms with Gasteiger partial charge in [-0.15, -0.1) is 0 Å². The fraction of sp³-hybridized carbons (Fsp3) is 0.136. The van der Waals surface area contributed by atoms with E-state index in [1.165, 1.54) is 18.9 Å². The maximum Gasteiger partial charge on any atom is 0.357 e. The smallest absolute Gasteiger partial charge is 0.357 e. The van der Waals surface area contributed by atoms with Gasteiger partial charge in [-0.1, -0.05) is 30.3 Å². The number of benzene rings is 2. The number of esters is 1. The lowest BCUT2D eigenvalue weighted by Crippen LogP contribution is -2.11. The number of aromatic nitrogens is 3. The molecule has 0 saturated heterocycles. The molecule has 144 valence electrons. The van der Waals surface area contributed by atoms with E-state index in [-0.39, 0.29) is 16.9 Å². The Morgan fingerprint density at radius 2 is 2.00 bits per heavy atom. The Kier molecular flexibility index (Phi) is 4.53. The zero-order valence-corrected chi connectivity index (χ0v) is 16.1. The second-order valence-electron chi connectivity index (χ2n) is 6.68. The first-order valence-electron chi connectivity index (χ1n) is 9.04. The molecule has 0 saturated carbocycles. The number of nitrogen functional groups attached to an aromatic ring is 1. The van der Waals surface area contributed by atoms with Gasteiger partial charge in [-0.25, -0.2) is 9.78 Å². The summed E-state index contributed by atoms with van der Waals surface area (Å²) in [6, 6.07) is 17.9. The van der Waals surface area contributed by atoms with Crippen molar-refractivity contribution in [1.82, 2.24) is 14.1 Å². The van der Waals surface area contributed by atoms with Crippen LogP contribution in [0.15, 0.2) is 54.7 Å². The molecule has 4 aromatic rings. The Morgan fingerprint density at radius 3 is 2.69 bits per heavy atom. The minimum atomic E-state index is -0.602. The van der Waals surface area contributed by atoms with Crippen molar-refractivity contribution in [2.45, 2.75) is 13.5 Å². The van der Waals surface area contributed by atoms with Crippen LogP contribution in [0.2, 0.25) is 0 Å². The summed E-state index contributed by atoms with van der Waals surface area (Å²) in [5, 5.41) is 9.30. The van der Waals surface area contributed by atoms with Gasteiger partial charge < -0.3 is 19.6 Å². The van der Waals surface area contributed by atoms with Crippen LogP contribution in [-0.2, 0) is 11.3 Å². The zero-order valence-electron chi connectivity index (χ0n) is 16.1. The van der Waals surface area contributed by atoms with Crippen LogP contribution in [-0.4, -0.2) is 27.2 Å². The van der Waals surface area contributed by atoms with Crippen molar-refractivity contribution in [3.8, 4) is 11.8 Å². The van der Waals surface area contributed by atoms with Gasteiger partial charge in [-0.3, -0.25) is 0 Å². The molecule has 7 nitrogen and oxygen atoms in total. The van der Waals surface area contributed by atoms with Gasteiger partial charge >= 0.3 is 5.97 Å². The molecule has 2 aromatic carbocycles. The van der Waals surface area contributed by atoms with Crippen molar-refractivity contribution in [2.24, 2.45) is 0 Å². The van der Waals surface area contributed by atoms with E-state index < -0.39 is 5.97 Å². The van der Waals surface area contributed by atoms with E-state index in [1.54, 1.807) is 4.57 Å². The number of hydrogen-bond acceptors (Lipinski definition) is 5. The number of carbonyl (C=O) groups is 1. The summed E-state index contributed by atoms with van der Waals surface area (Å²) in [6.07, 6.45) is 1.54. The van der Waals surface area contributed by atoms with E-state index in [0.29, 0.717) is 12.2 Å².